The lowest BCUT2D eigenvalue weighted by molar-refractivity contribution is -0.228. The van der Waals surface area contributed by atoms with E-state index in [0.717, 1.165) is 44.3 Å². The third kappa shape index (κ3) is 1.48. The number of aliphatic hydroxyl groups is 1. The summed E-state index contributed by atoms with van der Waals surface area (Å²) in [6.45, 7) is 8.67. The minimum absolute atomic E-state index is 0.225. The Morgan fingerprint density at radius 2 is 2.00 bits per heavy atom. The molecule has 6 fully saturated rings. The highest BCUT2D eigenvalue weighted by Gasteiger charge is 2.71. The molecule has 2 unspecified atom stereocenters. The number of hydrogen-bond donors (Lipinski definition) is 2. The first-order valence-corrected chi connectivity index (χ1v) is 9.56. The molecule has 6 aliphatic rings. The van der Waals surface area contributed by atoms with Crippen LogP contribution in [-0.4, -0.2) is 30.1 Å². The Labute approximate surface area is 138 Å². The average Bonchev–Trinajstić information content (AvgIpc) is 2.52. The zero-order valence-corrected chi connectivity index (χ0v) is 14.2. The van der Waals surface area contributed by atoms with E-state index in [4.69, 9.17) is 0 Å². The number of Topliss-reactive ketones (excluding diaryl/α,β-unsaturated/α-hetero) is 1. The average molecular weight is 315 g/mol. The molecule has 1 spiro atoms. The van der Waals surface area contributed by atoms with Gasteiger partial charge in [0, 0.05) is 13.1 Å². The monoisotopic (exact) mass is 315 g/mol. The summed E-state index contributed by atoms with van der Waals surface area (Å²) in [4.78, 5) is 13.2. The van der Waals surface area contributed by atoms with Crippen LogP contribution in [-0.2, 0) is 4.79 Å². The van der Waals surface area contributed by atoms with Crippen LogP contribution in [0.3, 0.4) is 0 Å². The molecular formula is C20H29NO2. The van der Waals surface area contributed by atoms with Gasteiger partial charge in [0.15, 0.2) is 5.78 Å². The number of ketones is 1. The summed E-state index contributed by atoms with van der Waals surface area (Å²) in [6.07, 6.45) is 7.22. The lowest BCUT2D eigenvalue weighted by Crippen LogP contribution is -2.73. The van der Waals surface area contributed by atoms with Crippen LogP contribution in [0, 0.1) is 34.0 Å². The molecule has 6 rings (SSSR count). The highest BCUT2D eigenvalue weighted by molar-refractivity contribution is 6.02. The van der Waals surface area contributed by atoms with E-state index in [-0.39, 0.29) is 11.2 Å². The third-order valence-corrected chi connectivity index (χ3v) is 8.91. The van der Waals surface area contributed by atoms with Gasteiger partial charge >= 0.3 is 0 Å². The first kappa shape index (κ1) is 14.7. The molecule has 0 aromatic carbocycles. The van der Waals surface area contributed by atoms with Gasteiger partial charge in [0.1, 0.15) is 0 Å². The van der Waals surface area contributed by atoms with E-state index >= 15 is 0 Å². The van der Waals surface area contributed by atoms with E-state index in [9.17, 15) is 9.90 Å². The fourth-order valence-corrected chi connectivity index (χ4v) is 7.93. The van der Waals surface area contributed by atoms with Gasteiger partial charge in [0.2, 0.25) is 0 Å². The van der Waals surface area contributed by atoms with E-state index in [1.807, 2.05) is 0 Å². The van der Waals surface area contributed by atoms with Crippen molar-refractivity contribution in [2.45, 2.75) is 58.0 Å². The Balaban J connectivity index is 1.68. The second kappa shape index (κ2) is 4.29. The standard InChI is InChI=1S/C20H29NO2/c1-12-13-4-7-20(17(12)23)15(8-13)19-6-3-5-18(2,10-21-11-19)14(19)9-16(20)22/h13-16,21-22H,1,3-11H2,2H3/t13-,14?,15?,16+,18-,19-,20+/m0/s1. The quantitative estimate of drug-likeness (QED) is 0.676. The fourth-order valence-electron chi connectivity index (χ4n) is 7.93. The Bertz CT molecular complexity index is 586. The van der Waals surface area contributed by atoms with E-state index < -0.39 is 11.5 Å². The number of piperidine rings is 1. The van der Waals surface area contributed by atoms with Crippen molar-refractivity contribution >= 4 is 5.78 Å². The van der Waals surface area contributed by atoms with Crippen LogP contribution in [0.2, 0.25) is 0 Å². The molecular weight excluding hydrogens is 286 g/mol. The number of carbonyl (C=O) groups excluding carboxylic acids is 1. The molecule has 126 valence electrons. The molecule has 0 aromatic heterocycles. The molecule has 3 nitrogen and oxygen atoms in total. The molecule has 5 aliphatic carbocycles. The van der Waals surface area contributed by atoms with Gasteiger partial charge in [0.25, 0.3) is 0 Å². The van der Waals surface area contributed by atoms with Crippen LogP contribution in [0.5, 0.6) is 0 Å². The number of allylic oxidation sites excluding steroid dienone is 1. The van der Waals surface area contributed by atoms with Crippen molar-refractivity contribution in [2.24, 2.45) is 34.0 Å². The normalized spacial score (nSPS) is 57.8. The van der Waals surface area contributed by atoms with Crippen LogP contribution in [0.25, 0.3) is 0 Å². The fraction of sp³-hybridized carbons (Fsp3) is 0.850. The van der Waals surface area contributed by atoms with E-state index in [1.165, 1.54) is 19.3 Å². The van der Waals surface area contributed by atoms with E-state index in [0.29, 0.717) is 23.2 Å². The van der Waals surface area contributed by atoms with Gasteiger partial charge in [0.05, 0.1) is 11.5 Å². The maximum absolute atomic E-state index is 13.2. The largest absolute Gasteiger partial charge is 0.392 e. The van der Waals surface area contributed by atoms with E-state index in [1.54, 1.807) is 0 Å². The van der Waals surface area contributed by atoms with Crippen LogP contribution in [0.15, 0.2) is 12.2 Å². The topological polar surface area (TPSA) is 49.3 Å². The highest BCUT2D eigenvalue weighted by Crippen LogP contribution is 2.71. The summed E-state index contributed by atoms with van der Waals surface area (Å²) in [7, 11) is 0. The lowest BCUT2D eigenvalue weighted by atomic mass is 9.34. The number of carbonyl (C=O) groups is 1. The molecule has 1 heterocycles. The summed E-state index contributed by atoms with van der Waals surface area (Å²) in [5.74, 6) is 1.55. The molecule has 0 radical (unpaired) electrons. The maximum Gasteiger partial charge on any atom is 0.167 e. The van der Waals surface area contributed by atoms with Gasteiger partial charge < -0.3 is 10.4 Å². The van der Waals surface area contributed by atoms with Crippen LogP contribution >= 0.6 is 0 Å². The second-order valence-corrected chi connectivity index (χ2v) is 9.57. The zero-order valence-electron chi connectivity index (χ0n) is 14.2. The van der Waals surface area contributed by atoms with Crippen LogP contribution < -0.4 is 5.32 Å². The molecule has 2 N–H and O–H groups in total. The van der Waals surface area contributed by atoms with Crippen molar-refractivity contribution in [2.75, 3.05) is 13.1 Å². The van der Waals surface area contributed by atoms with Gasteiger partial charge in [-0.15, -0.1) is 0 Å². The predicted octanol–water partition coefficient (Wildman–Crippen LogP) is 2.69. The van der Waals surface area contributed by atoms with Crippen LogP contribution in [0.1, 0.15) is 51.9 Å². The Kier molecular flexibility index (Phi) is 2.73. The number of rotatable bonds is 0. The molecule has 23 heavy (non-hydrogen) atoms. The smallest absolute Gasteiger partial charge is 0.167 e. The van der Waals surface area contributed by atoms with Gasteiger partial charge in [-0.2, -0.15) is 0 Å². The number of fused-ring (bicyclic) bond motifs is 2. The molecule has 1 aliphatic heterocycles. The van der Waals surface area contributed by atoms with Gasteiger partial charge in [-0.25, -0.2) is 0 Å². The first-order valence-electron chi connectivity index (χ1n) is 9.56. The van der Waals surface area contributed by atoms with E-state index in [2.05, 4.69) is 18.8 Å². The summed E-state index contributed by atoms with van der Waals surface area (Å²) in [6, 6.07) is 0. The van der Waals surface area contributed by atoms with Crippen molar-refractivity contribution in [1.82, 2.24) is 5.32 Å². The molecule has 5 saturated carbocycles. The summed E-state index contributed by atoms with van der Waals surface area (Å²) < 4.78 is 0. The van der Waals surface area contributed by atoms with Crippen LogP contribution in [0.4, 0.5) is 0 Å². The first-order chi connectivity index (χ1) is 10.9. The SMILES string of the molecule is C=C1C(=O)[C@]23CC[C@H]1CC2[C@@]12CCC[C@@](C)(CNC1)C2C[C@H]3O. The molecule has 3 heteroatoms. The Morgan fingerprint density at radius 1 is 1.17 bits per heavy atom. The maximum atomic E-state index is 13.2. The van der Waals surface area contributed by atoms with Gasteiger partial charge in [-0.1, -0.05) is 19.9 Å². The predicted molar refractivity (Wildman–Crippen MR) is 88.8 cm³/mol. The molecule has 0 amide bonds. The molecule has 7 atom stereocenters. The Hall–Kier alpha value is -0.670. The van der Waals surface area contributed by atoms with Gasteiger partial charge in [-0.05, 0) is 72.7 Å². The molecule has 0 aromatic rings. The van der Waals surface area contributed by atoms with Gasteiger partial charge in [-0.3, -0.25) is 4.79 Å². The minimum Gasteiger partial charge on any atom is -0.392 e. The highest BCUT2D eigenvalue weighted by atomic mass is 16.3. The second-order valence-electron chi connectivity index (χ2n) is 9.57. The van der Waals surface area contributed by atoms with Crippen molar-refractivity contribution in [3.63, 3.8) is 0 Å². The van der Waals surface area contributed by atoms with Crippen molar-refractivity contribution in [3.8, 4) is 0 Å². The molecule has 1 saturated heterocycles. The van der Waals surface area contributed by atoms with Crippen molar-refractivity contribution in [1.29, 1.82) is 0 Å². The molecule has 4 bridgehead atoms. The summed E-state index contributed by atoms with van der Waals surface area (Å²) in [5.41, 5.74) is 0.860. The van der Waals surface area contributed by atoms with Crippen molar-refractivity contribution < 1.29 is 9.90 Å². The van der Waals surface area contributed by atoms with Crippen molar-refractivity contribution in [3.05, 3.63) is 12.2 Å². The summed E-state index contributed by atoms with van der Waals surface area (Å²) >= 11 is 0. The third-order valence-electron chi connectivity index (χ3n) is 8.91. The summed E-state index contributed by atoms with van der Waals surface area (Å²) in [5, 5.41) is 14.9. The Morgan fingerprint density at radius 3 is 2.83 bits per heavy atom. The lowest BCUT2D eigenvalue weighted by Gasteiger charge is -2.71. The number of hydrogen-bond acceptors (Lipinski definition) is 3. The number of aliphatic hydroxyl groups excluding tert-OH is 1. The number of nitrogens with one attached hydrogen (secondary N) is 1. The zero-order chi connectivity index (χ0) is 16.0. The minimum atomic E-state index is -0.500.